The summed E-state index contributed by atoms with van der Waals surface area (Å²) in [7, 11) is 0. The van der Waals surface area contributed by atoms with Crippen LogP contribution in [0.25, 0.3) is 0 Å². The van der Waals surface area contributed by atoms with E-state index in [-0.39, 0.29) is 12.5 Å². The van der Waals surface area contributed by atoms with E-state index >= 15 is 0 Å². The van der Waals surface area contributed by atoms with Gasteiger partial charge in [0, 0.05) is 6.54 Å². The highest BCUT2D eigenvalue weighted by Gasteiger charge is 2.47. The Kier molecular flexibility index (Phi) is 3.51. The van der Waals surface area contributed by atoms with Crippen molar-refractivity contribution < 1.29 is 14.4 Å². The quantitative estimate of drug-likeness (QED) is 0.840. The lowest BCUT2D eigenvalue weighted by atomic mass is 10.2. The number of hydrogen-bond donors (Lipinski definition) is 1. The van der Waals surface area contributed by atoms with Crippen LogP contribution in [-0.4, -0.2) is 46.8 Å². The van der Waals surface area contributed by atoms with Gasteiger partial charge in [0.05, 0.1) is 11.3 Å². The van der Waals surface area contributed by atoms with Crippen LogP contribution in [0.1, 0.15) is 18.4 Å². The third-order valence-corrected chi connectivity index (χ3v) is 3.90. The highest BCUT2D eigenvalue weighted by atomic mass is 16.2. The van der Waals surface area contributed by atoms with E-state index in [1.807, 2.05) is 6.07 Å². The van der Waals surface area contributed by atoms with Gasteiger partial charge in [-0.25, -0.2) is 4.79 Å². The smallest absolute Gasteiger partial charge is 0.323 e. The molecule has 0 aliphatic carbocycles. The maximum atomic E-state index is 12.1. The Bertz CT molecular complexity index is 672. The number of imide groups is 1. The molecule has 0 saturated carbocycles. The first-order valence-electron chi connectivity index (χ1n) is 7.03. The second kappa shape index (κ2) is 5.48. The molecule has 1 aromatic rings. The summed E-state index contributed by atoms with van der Waals surface area (Å²) in [5, 5.41) is 11.6. The number of rotatable bonds is 3. The van der Waals surface area contributed by atoms with Gasteiger partial charge in [0.15, 0.2) is 0 Å². The van der Waals surface area contributed by atoms with Gasteiger partial charge in [-0.1, -0.05) is 12.1 Å². The zero-order valence-corrected chi connectivity index (χ0v) is 11.8. The summed E-state index contributed by atoms with van der Waals surface area (Å²) < 4.78 is 0. The molecule has 22 heavy (non-hydrogen) atoms. The van der Waals surface area contributed by atoms with Crippen LogP contribution in [0.15, 0.2) is 24.3 Å². The lowest BCUT2D eigenvalue weighted by Gasteiger charge is -2.15. The second-order valence-corrected chi connectivity index (χ2v) is 5.26. The normalized spacial score (nSPS) is 20.0. The van der Waals surface area contributed by atoms with Gasteiger partial charge >= 0.3 is 6.03 Å². The van der Waals surface area contributed by atoms with E-state index in [4.69, 9.17) is 5.26 Å². The van der Waals surface area contributed by atoms with Gasteiger partial charge in [-0.15, -0.1) is 0 Å². The molecule has 1 N–H and O–H groups in total. The molecule has 0 aromatic heterocycles. The van der Waals surface area contributed by atoms with Gasteiger partial charge in [0.25, 0.3) is 5.91 Å². The summed E-state index contributed by atoms with van der Waals surface area (Å²) in [5.74, 6) is -0.809. The molecule has 0 spiro atoms. The predicted octanol–water partition coefficient (Wildman–Crippen LogP) is 0.923. The van der Waals surface area contributed by atoms with Crippen LogP contribution < -0.4 is 5.32 Å². The molecule has 2 aliphatic rings. The number of nitrogens with one attached hydrogen (secondary N) is 1. The number of amides is 4. The molecule has 4 amide bonds. The minimum atomic E-state index is -0.495. The Morgan fingerprint density at radius 3 is 2.86 bits per heavy atom. The van der Waals surface area contributed by atoms with E-state index in [9.17, 15) is 14.4 Å². The highest BCUT2D eigenvalue weighted by Crippen LogP contribution is 2.27. The number of benzene rings is 1. The van der Waals surface area contributed by atoms with Gasteiger partial charge in [-0.2, -0.15) is 5.26 Å². The number of hydrogen-bond acceptors (Lipinski definition) is 4. The molecule has 7 nitrogen and oxygen atoms in total. The number of nitrogens with zero attached hydrogens (tertiary/aromatic N) is 3. The zero-order valence-electron chi connectivity index (χ0n) is 11.8. The SMILES string of the molecule is N#Cc1ccccc1NC(=O)CN1C(=O)[C@@H]2CCCN2C1=O. The van der Waals surface area contributed by atoms with Gasteiger partial charge in [0.1, 0.15) is 18.7 Å². The number of fused-ring (bicyclic) bond motifs is 1. The first-order valence-corrected chi connectivity index (χ1v) is 7.03. The zero-order chi connectivity index (χ0) is 15.7. The number of carbonyl (C=O) groups excluding carboxylic acids is 3. The van der Waals surface area contributed by atoms with Crippen molar-refractivity contribution in [3.05, 3.63) is 29.8 Å². The topological polar surface area (TPSA) is 93.5 Å². The van der Waals surface area contributed by atoms with Crippen molar-refractivity contribution >= 4 is 23.5 Å². The average molecular weight is 298 g/mol. The standard InChI is InChI=1S/C15H14N4O3/c16-8-10-4-1-2-5-11(10)17-13(20)9-19-14(21)12-6-3-7-18(12)15(19)22/h1-2,4-5,12H,3,6-7,9H2,(H,17,20)/t12-/m0/s1. The summed E-state index contributed by atoms with van der Waals surface area (Å²) in [4.78, 5) is 38.8. The van der Waals surface area contributed by atoms with Crippen LogP contribution in [0.4, 0.5) is 10.5 Å². The molecule has 2 aliphatic heterocycles. The van der Waals surface area contributed by atoms with Crippen LogP contribution >= 0.6 is 0 Å². The Balaban J connectivity index is 1.69. The number of carbonyl (C=O) groups is 3. The fraction of sp³-hybridized carbons (Fsp3) is 0.333. The third-order valence-electron chi connectivity index (χ3n) is 3.90. The van der Waals surface area contributed by atoms with Crippen LogP contribution in [-0.2, 0) is 9.59 Å². The molecule has 0 radical (unpaired) electrons. The number of anilines is 1. The molecule has 2 heterocycles. The lowest BCUT2D eigenvalue weighted by Crippen LogP contribution is -2.39. The van der Waals surface area contributed by atoms with Crippen molar-refractivity contribution in [2.24, 2.45) is 0 Å². The Hall–Kier alpha value is -2.88. The molecular weight excluding hydrogens is 284 g/mol. The summed E-state index contributed by atoms with van der Waals surface area (Å²) >= 11 is 0. The molecular formula is C15H14N4O3. The number of para-hydroxylation sites is 1. The monoisotopic (exact) mass is 298 g/mol. The van der Waals surface area contributed by atoms with Crippen molar-refractivity contribution in [2.75, 3.05) is 18.4 Å². The highest BCUT2D eigenvalue weighted by molar-refractivity contribution is 6.08. The minimum Gasteiger partial charge on any atom is -0.323 e. The van der Waals surface area contributed by atoms with Crippen molar-refractivity contribution in [1.29, 1.82) is 5.26 Å². The Morgan fingerprint density at radius 2 is 2.14 bits per heavy atom. The average Bonchev–Trinajstić information content (AvgIpc) is 3.08. The van der Waals surface area contributed by atoms with Crippen molar-refractivity contribution in [3.8, 4) is 6.07 Å². The van der Waals surface area contributed by atoms with E-state index < -0.39 is 18.0 Å². The Labute approximate surface area is 127 Å². The largest absolute Gasteiger partial charge is 0.327 e. The number of urea groups is 1. The summed E-state index contributed by atoms with van der Waals surface area (Å²) in [6, 6.07) is 7.72. The van der Waals surface area contributed by atoms with Gasteiger partial charge in [-0.05, 0) is 25.0 Å². The first kappa shape index (κ1) is 14.1. The summed E-state index contributed by atoms with van der Waals surface area (Å²) in [5.41, 5.74) is 0.699. The van der Waals surface area contributed by atoms with E-state index in [1.54, 1.807) is 24.3 Å². The predicted molar refractivity (Wildman–Crippen MR) is 76.6 cm³/mol. The molecule has 2 saturated heterocycles. The number of nitriles is 1. The van der Waals surface area contributed by atoms with Crippen LogP contribution in [0.3, 0.4) is 0 Å². The Morgan fingerprint density at radius 1 is 1.36 bits per heavy atom. The van der Waals surface area contributed by atoms with Crippen molar-refractivity contribution in [1.82, 2.24) is 9.80 Å². The van der Waals surface area contributed by atoms with E-state index in [2.05, 4.69) is 5.32 Å². The van der Waals surface area contributed by atoms with Crippen molar-refractivity contribution in [3.63, 3.8) is 0 Å². The second-order valence-electron chi connectivity index (χ2n) is 5.26. The molecule has 3 rings (SSSR count). The minimum absolute atomic E-state index is 0.314. The van der Waals surface area contributed by atoms with Gasteiger partial charge in [-0.3, -0.25) is 14.5 Å². The van der Waals surface area contributed by atoms with E-state index in [1.165, 1.54) is 4.90 Å². The molecule has 0 unspecified atom stereocenters. The van der Waals surface area contributed by atoms with E-state index in [0.717, 1.165) is 11.3 Å². The van der Waals surface area contributed by atoms with Crippen LogP contribution in [0, 0.1) is 11.3 Å². The van der Waals surface area contributed by atoms with Crippen LogP contribution in [0.5, 0.6) is 0 Å². The van der Waals surface area contributed by atoms with Gasteiger partial charge in [0.2, 0.25) is 5.91 Å². The third kappa shape index (κ3) is 2.29. The molecule has 7 heteroatoms. The van der Waals surface area contributed by atoms with Crippen molar-refractivity contribution in [2.45, 2.75) is 18.9 Å². The molecule has 1 aromatic carbocycles. The lowest BCUT2D eigenvalue weighted by molar-refractivity contribution is -0.131. The summed E-state index contributed by atoms with van der Waals surface area (Å²) in [6.45, 7) is 0.231. The maximum absolute atomic E-state index is 12.1. The molecule has 1 atom stereocenters. The molecule has 0 bridgehead atoms. The fourth-order valence-corrected chi connectivity index (χ4v) is 2.85. The fourth-order valence-electron chi connectivity index (χ4n) is 2.85. The van der Waals surface area contributed by atoms with Crippen LogP contribution in [0.2, 0.25) is 0 Å². The first-order chi connectivity index (χ1) is 10.6. The summed E-state index contributed by atoms with van der Waals surface area (Å²) in [6.07, 6.45) is 1.47. The van der Waals surface area contributed by atoms with E-state index in [0.29, 0.717) is 24.2 Å². The van der Waals surface area contributed by atoms with Gasteiger partial charge < -0.3 is 10.2 Å². The molecule has 2 fully saturated rings. The maximum Gasteiger partial charge on any atom is 0.327 e. The molecule has 112 valence electrons.